The van der Waals surface area contributed by atoms with Gasteiger partial charge in [0.15, 0.2) is 5.78 Å². The van der Waals surface area contributed by atoms with E-state index in [0.717, 1.165) is 0 Å². The fourth-order valence-corrected chi connectivity index (χ4v) is 3.68. The zero-order chi connectivity index (χ0) is 22.5. The minimum absolute atomic E-state index is 0.0196. The smallest absolute Gasteiger partial charge is 0.355 e. The molecule has 9 nitrogen and oxygen atoms in total. The normalized spacial score (nSPS) is 13.7. The highest BCUT2D eigenvalue weighted by Gasteiger charge is 2.37. The lowest BCUT2D eigenvalue weighted by Gasteiger charge is -2.16. The summed E-state index contributed by atoms with van der Waals surface area (Å²) in [7, 11) is 0. The minimum atomic E-state index is -0.698. The number of H-pyrrole nitrogens is 1. The molecule has 0 amide bonds. The largest absolute Gasteiger partial charge is 0.461 e. The first-order chi connectivity index (χ1) is 15.0. The number of ether oxygens (including phenoxy) is 1. The molecule has 1 saturated carbocycles. The number of ketones is 1. The van der Waals surface area contributed by atoms with E-state index in [1.807, 2.05) is 0 Å². The Morgan fingerprint density at radius 3 is 2.39 bits per heavy atom. The van der Waals surface area contributed by atoms with Gasteiger partial charge in [-0.15, -0.1) is 0 Å². The summed E-state index contributed by atoms with van der Waals surface area (Å²) in [5.41, 5.74) is 2.26. The van der Waals surface area contributed by atoms with Gasteiger partial charge in [0.05, 0.1) is 37.7 Å². The molecule has 0 bridgehead atoms. The van der Waals surface area contributed by atoms with Crippen LogP contribution in [-0.2, 0) is 24.6 Å². The number of hydrogen-bond donors (Lipinski definition) is 5. The van der Waals surface area contributed by atoms with Crippen LogP contribution in [0.15, 0.2) is 17.1 Å². The van der Waals surface area contributed by atoms with Gasteiger partial charge in [-0.2, -0.15) is 0 Å². The molecule has 0 unspecified atom stereocenters. The average molecular weight is 430 g/mol. The number of carbonyl (C=O) groups excluding carboxylic acids is 2. The van der Waals surface area contributed by atoms with E-state index in [1.54, 1.807) is 19.1 Å². The number of carbonyl (C=O) groups is 2. The number of aliphatic hydroxyl groups excluding tert-OH is 4. The molecular weight excluding hydrogens is 404 g/mol. The first kappa shape index (κ1) is 22.8. The topological polar surface area (TPSA) is 152 Å². The van der Waals surface area contributed by atoms with Crippen LogP contribution in [0.25, 0.3) is 11.1 Å². The summed E-state index contributed by atoms with van der Waals surface area (Å²) in [6, 6.07) is 3.21. The van der Waals surface area contributed by atoms with Crippen molar-refractivity contribution in [2.24, 2.45) is 10.9 Å². The predicted octanol–water partition coefficient (Wildman–Crippen LogP) is 1.30. The van der Waals surface area contributed by atoms with Gasteiger partial charge in [0.25, 0.3) is 0 Å². The van der Waals surface area contributed by atoms with Crippen LogP contribution in [0.3, 0.4) is 0 Å². The van der Waals surface area contributed by atoms with Crippen molar-refractivity contribution in [1.82, 2.24) is 4.98 Å². The lowest BCUT2D eigenvalue weighted by molar-refractivity contribution is 0.0516. The first-order valence-electron chi connectivity index (χ1n) is 10.1. The summed E-state index contributed by atoms with van der Waals surface area (Å²) < 4.78 is 5.13. The maximum absolute atomic E-state index is 13.2. The summed E-state index contributed by atoms with van der Waals surface area (Å²) >= 11 is 0. The minimum Gasteiger partial charge on any atom is -0.461 e. The summed E-state index contributed by atoms with van der Waals surface area (Å²) in [4.78, 5) is 32.6. The van der Waals surface area contributed by atoms with Crippen molar-refractivity contribution in [3.8, 4) is 11.1 Å². The molecule has 2 aromatic rings. The van der Waals surface area contributed by atoms with Crippen molar-refractivity contribution >= 4 is 18.0 Å². The predicted molar refractivity (Wildman–Crippen MR) is 112 cm³/mol. The Kier molecular flexibility index (Phi) is 7.34. The Labute approximate surface area is 179 Å². The van der Waals surface area contributed by atoms with Gasteiger partial charge in [-0.05, 0) is 42.0 Å². The number of esters is 1. The number of hydrogen-bond acceptors (Lipinski definition) is 8. The SMILES string of the molecule is CCOC(=O)c1[nH]c(/C=N/CO)c(-c2ccc(CO)c(CO)c2CO)c1C(=O)C1CC1. The van der Waals surface area contributed by atoms with Crippen molar-refractivity contribution < 1.29 is 34.8 Å². The number of rotatable bonds is 10. The van der Waals surface area contributed by atoms with Crippen LogP contribution in [0.1, 0.15) is 63.0 Å². The Hall–Kier alpha value is -2.85. The number of nitrogens with one attached hydrogen (secondary N) is 1. The van der Waals surface area contributed by atoms with E-state index in [-0.39, 0.29) is 41.9 Å². The fourth-order valence-electron chi connectivity index (χ4n) is 3.68. The molecule has 1 aromatic heterocycles. The number of nitrogens with zero attached hydrogens (tertiary/aromatic N) is 1. The molecule has 1 aromatic carbocycles. The van der Waals surface area contributed by atoms with E-state index in [2.05, 4.69) is 9.98 Å². The van der Waals surface area contributed by atoms with Gasteiger partial charge in [0.2, 0.25) is 0 Å². The monoisotopic (exact) mass is 430 g/mol. The molecule has 1 fully saturated rings. The number of aromatic amines is 1. The molecule has 1 aliphatic rings. The maximum Gasteiger partial charge on any atom is 0.355 e. The fraction of sp³-hybridized carbons (Fsp3) is 0.409. The number of Topliss-reactive ketones (excluding diaryl/α,β-unsaturated/α-hetero) is 1. The third kappa shape index (κ3) is 4.45. The molecule has 0 atom stereocenters. The molecule has 1 aliphatic carbocycles. The van der Waals surface area contributed by atoms with Crippen molar-refractivity contribution in [1.29, 1.82) is 0 Å². The second kappa shape index (κ2) is 9.97. The third-order valence-corrected chi connectivity index (χ3v) is 5.29. The zero-order valence-electron chi connectivity index (χ0n) is 17.2. The lowest BCUT2D eigenvalue weighted by Crippen LogP contribution is -2.13. The molecule has 1 heterocycles. The summed E-state index contributed by atoms with van der Waals surface area (Å²) in [5.74, 6) is -1.13. The van der Waals surface area contributed by atoms with Crippen LogP contribution in [0, 0.1) is 5.92 Å². The highest BCUT2D eigenvalue weighted by molar-refractivity contribution is 6.15. The molecule has 0 saturated heterocycles. The van der Waals surface area contributed by atoms with E-state index in [4.69, 9.17) is 9.84 Å². The van der Waals surface area contributed by atoms with Crippen LogP contribution < -0.4 is 0 Å². The highest BCUT2D eigenvalue weighted by atomic mass is 16.5. The Morgan fingerprint density at radius 2 is 1.84 bits per heavy atom. The van der Waals surface area contributed by atoms with Crippen LogP contribution in [0.2, 0.25) is 0 Å². The van der Waals surface area contributed by atoms with Gasteiger partial charge in [0.1, 0.15) is 12.4 Å². The van der Waals surface area contributed by atoms with E-state index >= 15 is 0 Å². The second-order valence-electron chi connectivity index (χ2n) is 7.18. The van der Waals surface area contributed by atoms with E-state index in [0.29, 0.717) is 40.7 Å². The van der Waals surface area contributed by atoms with Crippen LogP contribution in [0.5, 0.6) is 0 Å². The number of aromatic nitrogens is 1. The van der Waals surface area contributed by atoms with Crippen LogP contribution >= 0.6 is 0 Å². The van der Waals surface area contributed by atoms with Crippen LogP contribution in [-0.4, -0.2) is 56.7 Å². The maximum atomic E-state index is 13.2. The molecule has 3 rings (SSSR count). The number of benzene rings is 1. The van der Waals surface area contributed by atoms with Gasteiger partial charge >= 0.3 is 5.97 Å². The van der Waals surface area contributed by atoms with E-state index in [9.17, 15) is 24.9 Å². The van der Waals surface area contributed by atoms with Crippen molar-refractivity contribution in [3.05, 3.63) is 45.8 Å². The molecular formula is C22H26N2O7. The third-order valence-electron chi connectivity index (χ3n) is 5.29. The highest BCUT2D eigenvalue weighted by Crippen LogP contribution is 2.41. The Balaban J connectivity index is 2.36. The summed E-state index contributed by atoms with van der Waals surface area (Å²) in [5, 5.41) is 38.7. The van der Waals surface area contributed by atoms with Gasteiger partial charge in [0, 0.05) is 17.7 Å². The Bertz CT molecular complexity index is 1010. The molecule has 0 radical (unpaired) electrons. The van der Waals surface area contributed by atoms with Crippen molar-refractivity contribution in [2.45, 2.75) is 39.6 Å². The van der Waals surface area contributed by atoms with Gasteiger partial charge < -0.3 is 30.1 Å². The average Bonchev–Trinajstić information content (AvgIpc) is 3.56. The molecule has 5 N–H and O–H groups in total. The van der Waals surface area contributed by atoms with E-state index in [1.165, 1.54) is 6.21 Å². The van der Waals surface area contributed by atoms with E-state index < -0.39 is 25.9 Å². The quantitative estimate of drug-likeness (QED) is 0.216. The number of aliphatic imine (C=N–C) groups is 1. The number of aliphatic hydroxyl groups is 4. The van der Waals surface area contributed by atoms with Gasteiger partial charge in [-0.1, -0.05) is 12.1 Å². The van der Waals surface area contributed by atoms with Gasteiger partial charge in [-0.3, -0.25) is 9.79 Å². The zero-order valence-corrected chi connectivity index (χ0v) is 17.2. The molecule has 9 heteroatoms. The standard InChI is InChI=1S/C22H26N2O7/c1-2-31-22(30)20-19(21(29)12-3-4-12)18(17(24-20)7-23-11-28)14-6-5-13(8-25)15(9-26)16(14)10-27/h5-7,12,24-28H,2-4,8-11H2,1H3/b23-7+. The Morgan fingerprint density at radius 1 is 1.13 bits per heavy atom. The summed E-state index contributed by atoms with van der Waals surface area (Å²) in [6.45, 7) is 0.0388. The van der Waals surface area contributed by atoms with Crippen LogP contribution in [0.4, 0.5) is 0 Å². The molecule has 0 spiro atoms. The first-order valence-corrected chi connectivity index (χ1v) is 10.1. The van der Waals surface area contributed by atoms with Crippen molar-refractivity contribution in [3.63, 3.8) is 0 Å². The molecule has 0 aliphatic heterocycles. The molecule has 166 valence electrons. The second-order valence-corrected chi connectivity index (χ2v) is 7.18. The lowest BCUT2D eigenvalue weighted by atomic mass is 9.88. The summed E-state index contributed by atoms with van der Waals surface area (Å²) in [6.07, 6.45) is 2.73. The van der Waals surface area contributed by atoms with Crippen molar-refractivity contribution in [2.75, 3.05) is 13.3 Å². The van der Waals surface area contributed by atoms with Gasteiger partial charge in [-0.25, -0.2) is 4.79 Å². The molecule has 31 heavy (non-hydrogen) atoms.